The molecule has 0 saturated heterocycles. The van der Waals surface area contributed by atoms with Crippen molar-refractivity contribution >= 4 is 21.5 Å². The van der Waals surface area contributed by atoms with Crippen molar-refractivity contribution in [2.45, 2.75) is 19.4 Å². The zero-order valence-corrected chi connectivity index (χ0v) is 15.1. The van der Waals surface area contributed by atoms with Crippen molar-refractivity contribution in [3.8, 4) is 11.5 Å². The van der Waals surface area contributed by atoms with Crippen LogP contribution < -0.4 is 9.47 Å². The molecule has 3 nitrogen and oxygen atoms in total. The van der Waals surface area contributed by atoms with Crippen LogP contribution in [-0.2, 0) is 0 Å². The van der Waals surface area contributed by atoms with Gasteiger partial charge in [-0.3, -0.25) is 0 Å². The minimum absolute atomic E-state index is 0.136. The standard InChI is InChI=1S/C24H19NO2/c1-2-25-23-21-17-9-5-3-7-15(17)11-13-19(21)26-24(25)22-18-10-6-4-8-16(18)12-14-20(22)27-23/h3-14,23-24H,2H2,1H3/t23-,24+. The summed E-state index contributed by atoms with van der Waals surface area (Å²) in [5.41, 5.74) is 2.26. The molecule has 0 amide bonds. The maximum absolute atomic E-state index is 6.59. The first-order valence-electron chi connectivity index (χ1n) is 9.47. The van der Waals surface area contributed by atoms with Gasteiger partial charge in [-0.25, -0.2) is 4.90 Å². The fraction of sp³-hybridized carbons (Fsp3) is 0.167. The summed E-state index contributed by atoms with van der Waals surface area (Å²) in [6.45, 7) is 3.01. The summed E-state index contributed by atoms with van der Waals surface area (Å²) in [4.78, 5) is 2.31. The summed E-state index contributed by atoms with van der Waals surface area (Å²) >= 11 is 0. The first kappa shape index (κ1) is 15.1. The van der Waals surface area contributed by atoms with E-state index in [2.05, 4.69) is 84.6 Å². The lowest BCUT2D eigenvalue weighted by Crippen LogP contribution is -2.45. The molecule has 0 unspecified atom stereocenters. The van der Waals surface area contributed by atoms with Crippen molar-refractivity contribution in [2.24, 2.45) is 0 Å². The van der Waals surface area contributed by atoms with E-state index in [1.807, 2.05) is 0 Å². The van der Waals surface area contributed by atoms with Crippen LogP contribution in [0.4, 0.5) is 0 Å². The summed E-state index contributed by atoms with van der Waals surface area (Å²) in [6, 6.07) is 25.3. The van der Waals surface area contributed by atoms with Crippen molar-refractivity contribution in [3.05, 3.63) is 83.9 Å². The number of benzene rings is 4. The van der Waals surface area contributed by atoms with E-state index in [0.29, 0.717) is 0 Å². The van der Waals surface area contributed by atoms with E-state index in [9.17, 15) is 0 Å². The van der Waals surface area contributed by atoms with Crippen molar-refractivity contribution in [1.29, 1.82) is 0 Å². The van der Waals surface area contributed by atoms with Crippen LogP contribution in [0.5, 0.6) is 11.5 Å². The number of fused-ring (bicyclic) bond motifs is 10. The Labute approximate surface area is 157 Å². The third-order valence-electron chi connectivity index (χ3n) is 5.80. The number of hydrogen-bond donors (Lipinski definition) is 0. The smallest absolute Gasteiger partial charge is 0.186 e. The highest BCUT2D eigenvalue weighted by Gasteiger charge is 2.44. The molecule has 3 heteroatoms. The Hall–Kier alpha value is -3.04. The number of ether oxygens (including phenoxy) is 2. The molecule has 2 aliphatic heterocycles. The second-order valence-electron chi connectivity index (χ2n) is 7.17. The molecule has 0 N–H and O–H groups in total. The van der Waals surface area contributed by atoms with Gasteiger partial charge in [0.1, 0.15) is 11.5 Å². The molecule has 2 aliphatic rings. The van der Waals surface area contributed by atoms with E-state index >= 15 is 0 Å². The number of hydrogen-bond acceptors (Lipinski definition) is 3. The highest BCUT2D eigenvalue weighted by molar-refractivity contribution is 5.90. The molecule has 6 rings (SSSR count). The van der Waals surface area contributed by atoms with Crippen molar-refractivity contribution in [3.63, 3.8) is 0 Å². The zero-order chi connectivity index (χ0) is 18.0. The molecular formula is C24H19NO2. The number of rotatable bonds is 1. The molecule has 0 saturated carbocycles. The van der Waals surface area contributed by atoms with Gasteiger partial charge >= 0.3 is 0 Å². The zero-order valence-electron chi connectivity index (χ0n) is 15.1. The molecule has 0 spiro atoms. The Morgan fingerprint density at radius 3 is 1.63 bits per heavy atom. The van der Waals surface area contributed by atoms with Crippen molar-refractivity contribution < 1.29 is 9.47 Å². The molecule has 27 heavy (non-hydrogen) atoms. The molecule has 132 valence electrons. The molecule has 2 heterocycles. The first-order valence-corrected chi connectivity index (χ1v) is 9.47. The topological polar surface area (TPSA) is 21.7 Å². The lowest BCUT2D eigenvalue weighted by molar-refractivity contribution is -0.118. The fourth-order valence-electron chi connectivity index (χ4n) is 4.55. The van der Waals surface area contributed by atoms with Gasteiger partial charge in [-0.15, -0.1) is 0 Å². The van der Waals surface area contributed by atoms with Crippen LogP contribution in [0.2, 0.25) is 0 Å². The normalized spacial score (nSPS) is 20.6. The van der Waals surface area contributed by atoms with Crippen LogP contribution in [0.3, 0.4) is 0 Å². The van der Waals surface area contributed by atoms with Crippen LogP contribution in [0.1, 0.15) is 30.5 Å². The molecule has 2 bridgehead atoms. The van der Waals surface area contributed by atoms with Crippen LogP contribution in [-0.4, -0.2) is 11.4 Å². The predicted molar refractivity (Wildman–Crippen MR) is 107 cm³/mol. The SMILES string of the molecule is CCN1[C@@H]2Oc3ccc4ccccc4c3[C@@H]1Oc1ccc3ccccc3c12. The van der Waals surface area contributed by atoms with Gasteiger partial charge < -0.3 is 9.47 Å². The van der Waals surface area contributed by atoms with Crippen LogP contribution >= 0.6 is 0 Å². The predicted octanol–water partition coefficient (Wildman–Crippen LogP) is 5.80. The van der Waals surface area contributed by atoms with Gasteiger partial charge in [0.15, 0.2) is 12.5 Å². The van der Waals surface area contributed by atoms with Gasteiger partial charge in [-0.05, 0) is 33.7 Å². The van der Waals surface area contributed by atoms with Gasteiger partial charge in [0.2, 0.25) is 0 Å². The van der Waals surface area contributed by atoms with E-state index in [-0.39, 0.29) is 12.5 Å². The third kappa shape index (κ3) is 2.00. The lowest BCUT2D eigenvalue weighted by Gasteiger charge is -2.47. The van der Waals surface area contributed by atoms with Gasteiger partial charge in [0, 0.05) is 6.54 Å². The van der Waals surface area contributed by atoms with Crippen molar-refractivity contribution in [2.75, 3.05) is 6.54 Å². The average molecular weight is 353 g/mol. The van der Waals surface area contributed by atoms with E-state index in [1.54, 1.807) is 0 Å². The molecule has 0 aromatic heterocycles. The Morgan fingerprint density at radius 1 is 0.667 bits per heavy atom. The Kier molecular flexibility index (Phi) is 3.06. The summed E-state index contributed by atoms with van der Waals surface area (Å²) < 4.78 is 13.2. The molecule has 0 fully saturated rings. The molecule has 2 atom stereocenters. The number of nitrogens with zero attached hydrogens (tertiary/aromatic N) is 1. The highest BCUT2D eigenvalue weighted by atomic mass is 16.6. The lowest BCUT2D eigenvalue weighted by atomic mass is 9.95. The molecule has 0 radical (unpaired) electrons. The first-order chi connectivity index (χ1) is 13.3. The summed E-state index contributed by atoms with van der Waals surface area (Å²) in [6.07, 6.45) is -0.271. The van der Waals surface area contributed by atoms with Crippen molar-refractivity contribution in [1.82, 2.24) is 4.90 Å². The van der Waals surface area contributed by atoms with Gasteiger partial charge in [-0.1, -0.05) is 67.6 Å². The van der Waals surface area contributed by atoms with E-state index in [4.69, 9.17) is 9.47 Å². The maximum atomic E-state index is 6.59. The monoisotopic (exact) mass is 353 g/mol. The Morgan fingerprint density at radius 2 is 1.15 bits per heavy atom. The highest BCUT2D eigenvalue weighted by Crippen LogP contribution is 2.52. The molecule has 4 aromatic rings. The third-order valence-corrected chi connectivity index (χ3v) is 5.80. The van der Waals surface area contributed by atoms with E-state index in [0.717, 1.165) is 29.2 Å². The van der Waals surface area contributed by atoms with E-state index < -0.39 is 0 Å². The summed E-state index contributed by atoms with van der Waals surface area (Å²) in [5.74, 6) is 1.85. The van der Waals surface area contributed by atoms with Gasteiger partial charge in [0.05, 0.1) is 11.1 Å². The average Bonchev–Trinajstić information content (AvgIpc) is 2.72. The summed E-state index contributed by atoms with van der Waals surface area (Å²) in [7, 11) is 0. The van der Waals surface area contributed by atoms with Gasteiger partial charge in [-0.2, -0.15) is 0 Å². The van der Waals surface area contributed by atoms with Crippen LogP contribution in [0.15, 0.2) is 72.8 Å². The molecule has 0 aliphatic carbocycles. The Balaban J connectivity index is 1.63. The quantitative estimate of drug-likeness (QED) is 0.432. The second kappa shape index (κ2) is 5.48. The van der Waals surface area contributed by atoms with Crippen LogP contribution in [0, 0.1) is 0 Å². The minimum atomic E-state index is -0.136. The fourth-order valence-corrected chi connectivity index (χ4v) is 4.55. The van der Waals surface area contributed by atoms with Crippen LogP contribution in [0.25, 0.3) is 21.5 Å². The van der Waals surface area contributed by atoms with Gasteiger partial charge in [0.25, 0.3) is 0 Å². The van der Waals surface area contributed by atoms with E-state index in [1.165, 1.54) is 21.5 Å². The minimum Gasteiger partial charge on any atom is -0.470 e. The Bertz CT molecular complexity index is 1110. The second-order valence-corrected chi connectivity index (χ2v) is 7.17. The largest absolute Gasteiger partial charge is 0.470 e. The molecular weight excluding hydrogens is 334 g/mol. The maximum Gasteiger partial charge on any atom is 0.186 e. The molecule has 4 aromatic carbocycles. The summed E-state index contributed by atoms with van der Waals surface area (Å²) in [5, 5.41) is 4.81.